The molecule has 3 heterocycles. The summed E-state index contributed by atoms with van der Waals surface area (Å²) in [7, 11) is 0. The van der Waals surface area contributed by atoms with Crippen LogP contribution in [0.5, 0.6) is 0 Å². The van der Waals surface area contributed by atoms with Crippen LogP contribution < -0.4 is 0 Å². The quantitative estimate of drug-likeness (QED) is 0.548. The molecule has 0 spiro atoms. The van der Waals surface area contributed by atoms with Crippen molar-refractivity contribution in [3.05, 3.63) is 63.4 Å². The van der Waals surface area contributed by atoms with Gasteiger partial charge in [-0.15, -0.1) is 5.10 Å². The normalized spacial score (nSPS) is 16.4. The van der Waals surface area contributed by atoms with E-state index >= 15 is 0 Å². The molecule has 1 atom stereocenters. The van der Waals surface area contributed by atoms with Crippen molar-refractivity contribution >= 4 is 17.5 Å². The first-order valence-electron chi connectivity index (χ1n) is 9.20. The first-order valence-corrected chi connectivity index (χ1v) is 9.58. The Bertz CT molecular complexity index is 1180. The standard InChI is InChI=1S/C19H15ClF4N6O/c1-9-13(21)8-25-18(26-9)30-14-6-7-29(10(2)16(14)27-28-30)17(31)11-4-3-5-12(15(11)20)19(22,23)24/h3-5,8,10H,6-7H2,1-2H3/t10-/m0/s1. The van der Waals surface area contributed by atoms with E-state index in [0.717, 1.165) is 18.3 Å². The van der Waals surface area contributed by atoms with Gasteiger partial charge in [-0.05, 0) is 26.0 Å². The third-order valence-corrected chi connectivity index (χ3v) is 5.54. The van der Waals surface area contributed by atoms with E-state index in [4.69, 9.17) is 11.6 Å². The Morgan fingerprint density at radius 1 is 1.29 bits per heavy atom. The van der Waals surface area contributed by atoms with Crippen molar-refractivity contribution in [3.8, 4) is 5.95 Å². The maximum atomic E-state index is 13.5. The minimum Gasteiger partial charge on any atom is -0.330 e. The number of aryl methyl sites for hydroxylation is 1. The van der Waals surface area contributed by atoms with Gasteiger partial charge in [-0.25, -0.2) is 14.4 Å². The molecular formula is C19H15ClF4N6O. The number of nitrogens with zero attached hydrogens (tertiary/aromatic N) is 6. The van der Waals surface area contributed by atoms with Crippen LogP contribution in [-0.2, 0) is 12.6 Å². The SMILES string of the molecule is Cc1nc(-n2nnc3c2CCN(C(=O)c2cccc(C(F)(F)F)c2Cl)[C@H]3C)ncc1F. The van der Waals surface area contributed by atoms with Gasteiger partial charge in [-0.1, -0.05) is 22.9 Å². The van der Waals surface area contributed by atoms with Gasteiger partial charge in [0.25, 0.3) is 11.9 Å². The fourth-order valence-electron chi connectivity index (χ4n) is 3.49. The average molecular weight is 455 g/mol. The maximum absolute atomic E-state index is 13.5. The highest BCUT2D eigenvalue weighted by Crippen LogP contribution is 2.38. The number of aromatic nitrogens is 5. The summed E-state index contributed by atoms with van der Waals surface area (Å²) in [5.41, 5.74) is -0.0723. The molecule has 31 heavy (non-hydrogen) atoms. The first kappa shape index (κ1) is 21.2. The molecule has 3 aromatic rings. The van der Waals surface area contributed by atoms with Crippen LogP contribution in [0.1, 0.15) is 46.0 Å². The molecule has 0 fully saturated rings. The molecule has 0 aliphatic carbocycles. The highest BCUT2D eigenvalue weighted by Gasteiger charge is 2.37. The number of halogens is 5. The number of amides is 1. The van der Waals surface area contributed by atoms with E-state index in [9.17, 15) is 22.4 Å². The summed E-state index contributed by atoms with van der Waals surface area (Å²) in [5, 5.41) is 7.49. The summed E-state index contributed by atoms with van der Waals surface area (Å²) < 4.78 is 54.3. The summed E-state index contributed by atoms with van der Waals surface area (Å²) in [6, 6.07) is 2.64. The van der Waals surface area contributed by atoms with Crippen LogP contribution in [-0.4, -0.2) is 42.3 Å². The van der Waals surface area contributed by atoms with E-state index in [1.165, 1.54) is 22.6 Å². The van der Waals surface area contributed by atoms with Gasteiger partial charge in [0, 0.05) is 13.0 Å². The fraction of sp³-hybridized carbons (Fsp3) is 0.316. The van der Waals surface area contributed by atoms with Crippen molar-refractivity contribution in [2.75, 3.05) is 6.54 Å². The monoisotopic (exact) mass is 454 g/mol. The summed E-state index contributed by atoms with van der Waals surface area (Å²) in [4.78, 5) is 22.4. The molecule has 4 rings (SSSR count). The molecule has 2 aromatic heterocycles. The zero-order valence-corrected chi connectivity index (χ0v) is 17.0. The first-order chi connectivity index (χ1) is 14.6. The largest absolute Gasteiger partial charge is 0.417 e. The highest BCUT2D eigenvalue weighted by molar-refractivity contribution is 6.34. The Hall–Kier alpha value is -3.08. The van der Waals surface area contributed by atoms with Crippen LogP contribution in [0.25, 0.3) is 5.95 Å². The number of hydrogen-bond acceptors (Lipinski definition) is 5. The molecule has 0 unspecified atom stereocenters. The van der Waals surface area contributed by atoms with E-state index in [-0.39, 0.29) is 23.8 Å². The van der Waals surface area contributed by atoms with Gasteiger partial charge in [-0.2, -0.15) is 17.9 Å². The second kappa shape index (κ2) is 7.56. The lowest BCUT2D eigenvalue weighted by Crippen LogP contribution is -2.39. The summed E-state index contributed by atoms with van der Waals surface area (Å²) in [6.07, 6.45) is -3.34. The number of rotatable bonds is 2. The van der Waals surface area contributed by atoms with Crippen molar-refractivity contribution in [2.45, 2.75) is 32.5 Å². The smallest absolute Gasteiger partial charge is 0.330 e. The summed E-state index contributed by atoms with van der Waals surface area (Å²) >= 11 is 5.92. The third kappa shape index (κ3) is 3.62. The summed E-state index contributed by atoms with van der Waals surface area (Å²) in [5.74, 6) is -1.06. The summed E-state index contributed by atoms with van der Waals surface area (Å²) in [6.45, 7) is 3.37. The van der Waals surface area contributed by atoms with Gasteiger partial charge in [0.1, 0.15) is 5.69 Å². The van der Waals surface area contributed by atoms with E-state index in [1.54, 1.807) is 6.92 Å². The number of carbonyl (C=O) groups excluding carboxylic acids is 1. The Kier molecular flexibility index (Phi) is 5.16. The zero-order chi connectivity index (χ0) is 22.5. The van der Waals surface area contributed by atoms with E-state index in [0.29, 0.717) is 17.8 Å². The molecule has 162 valence electrons. The molecule has 1 amide bonds. The van der Waals surface area contributed by atoms with Crippen molar-refractivity contribution in [2.24, 2.45) is 0 Å². The molecule has 0 radical (unpaired) electrons. The van der Waals surface area contributed by atoms with Gasteiger partial charge in [0.15, 0.2) is 5.82 Å². The Morgan fingerprint density at radius 2 is 2.03 bits per heavy atom. The van der Waals surface area contributed by atoms with Gasteiger partial charge in [0.05, 0.1) is 39.8 Å². The highest BCUT2D eigenvalue weighted by atomic mass is 35.5. The fourth-order valence-corrected chi connectivity index (χ4v) is 3.80. The van der Waals surface area contributed by atoms with Gasteiger partial charge < -0.3 is 4.90 Å². The maximum Gasteiger partial charge on any atom is 0.417 e. The van der Waals surface area contributed by atoms with Gasteiger partial charge >= 0.3 is 6.18 Å². The predicted molar refractivity (Wildman–Crippen MR) is 101 cm³/mol. The number of benzene rings is 1. The topological polar surface area (TPSA) is 76.8 Å². The molecule has 7 nitrogen and oxygen atoms in total. The number of carbonyl (C=O) groups is 1. The minimum atomic E-state index is -4.68. The molecule has 0 saturated carbocycles. The van der Waals surface area contributed by atoms with E-state index < -0.39 is 34.5 Å². The Balaban J connectivity index is 1.66. The van der Waals surface area contributed by atoms with Crippen LogP contribution in [0.2, 0.25) is 5.02 Å². The molecule has 12 heteroatoms. The molecular weight excluding hydrogens is 440 g/mol. The molecule has 1 aliphatic heterocycles. The Morgan fingerprint density at radius 3 is 2.71 bits per heavy atom. The lowest BCUT2D eigenvalue weighted by Gasteiger charge is -2.33. The minimum absolute atomic E-state index is 0.139. The van der Waals surface area contributed by atoms with Gasteiger partial charge in [0.2, 0.25) is 0 Å². The van der Waals surface area contributed by atoms with Crippen molar-refractivity contribution in [1.82, 2.24) is 29.9 Å². The lowest BCUT2D eigenvalue weighted by atomic mass is 10.0. The van der Waals surface area contributed by atoms with E-state index in [2.05, 4.69) is 20.3 Å². The number of fused-ring (bicyclic) bond motifs is 1. The average Bonchev–Trinajstić information content (AvgIpc) is 3.14. The third-order valence-electron chi connectivity index (χ3n) is 5.14. The second-order valence-corrected chi connectivity index (χ2v) is 7.40. The number of hydrogen-bond donors (Lipinski definition) is 0. The molecule has 1 aromatic carbocycles. The van der Waals surface area contributed by atoms with Crippen LogP contribution in [0, 0.1) is 12.7 Å². The molecule has 0 saturated heterocycles. The van der Waals surface area contributed by atoms with E-state index in [1.807, 2.05) is 0 Å². The Labute approximate surface area is 178 Å². The predicted octanol–water partition coefficient (Wildman–Crippen LogP) is 3.94. The molecule has 1 aliphatic rings. The van der Waals surface area contributed by atoms with Crippen molar-refractivity contribution in [3.63, 3.8) is 0 Å². The molecule has 0 bridgehead atoms. The van der Waals surface area contributed by atoms with Crippen LogP contribution in [0.3, 0.4) is 0 Å². The van der Waals surface area contributed by atoms with Crippen LogP contribution >= 0.6 is 11.6 Å². The van der Waals surface area contributed by atoms with Gasteiger partial charge in [-0.3, -0.25) is 4.79 Å². The van der Waals surface area contributed by atoms with Crippen molar-refractivity contribution < 1.29 is 22.4 Å². The number of alkyl halides is 3. The van der Waals surface area contributed by atoms with Crippen LogP contribution in [0.4, 0.5) is 17.6 Å². The van der Waals surface area contributed by atoms with Crippen molar-refractivity contribution in [1.29, 1.82) is 0 Å². The second-order valence-electron chi connectivity index (χ2n) is 7.03. The van der Waals surface area contributed by atoms with Crippen LogP contribution in [0.15, 0.2) is 24.4 Å². The zero-order valence-electron chi connectivity index (χ0n) is 16.3. The lowest BCUT2D eigenvalue weighted by molar-refractivity contribution is -0.137. The molecule has 0 N–H and O–H groups in total.